The molecule has 1 aliphatic heterocycles. The van der Waals surface area contributed by atoms with E-state index in [1.807, 2.05) is 25.2 Å². The number of carbonyl (C=O) groups is 1. The number of amides is 1. The molecule has 0 aromatic heterocycles. The van der Waals surface area contributed by atoms with Gasteiger partial charge in [0.1, 0.15) is 6.04 Å². The molecule has 2 rings (SSSR count). The second kappa shape index (κ2) is 8.15. The van der Waals surface area contributed by atoms with Crippen LogP contribution >= 0.6 is 0 Å². The fourth-order valence-electron chi connectivity index (χ4n) is 2.80. The summed E-state index contributed by atoms with van der Waals surface area (Å²) in [6.07, 6.45) is 1.95. The van der Waals surface area contributed by atoms with Crippen molar-refractivity contribution in [2.75, 3.05) is 25.0 Å². The maximum Gasteiger partial charge on any atom is 0.238 e. The summed E-state index contributed by atoms with van der Waals surface area (Å²) >= 11 is 0. The largest absolute Gasteiger partial charge is 0.373 e. The van der Waals surface area contributed by atoms with Crippen LogP contribution < -0.4 is 21.1 Å². The molecule has 0 bridgehead atoms. The van der Waals surface area contributed by atoms with Crippen LogP contribution in [0.2, 0.25) is 0 Å². The molecular weight excluding hydrogens is 276 g/mol. The normalized spacial score (nSPS) is 21.1. The van der Waals surface area contributed by atoms with Gasteiger partial charge in [0.15, 0.2) is 0 Å². The van der Waals surface area contributed by atoms with Crippen LogP contribution in [0, 0.1) is 5.92 Å². The lowest BCUT2D eigenvalue weighted by Gasteiger charge is -2.20. The third-order valence-corrected chi connectivity index (χ3v) is 4.00. The van der Waals surface area contributed by atoms with Crippen molar-refractivity contribution in [1.29, 1.82) is 0 Å². The van der Waals surface area contributed by atoms with Gasteiger partial charge in [-0.2, -0.15) is 0 Å². The molecule has 0 spiro atoms. The van der Waals surface area contributed by atoms with Crippen LogP contribution in [-0.2, 0) is 4.79 Å². The Bertz CT molecular complexity index is 463. The summed E-state index contributed by atoms with van der Waals surface area (Å²) in [6, 6.07) is 10.5. The minimum atomic E-state index is -0.120. The summed E-state index contributed by atoms with van der Waals surface area (Å²) in [5, 5.41) is 3.02. The van der Waals surface area contributed by atoms with Crippen LogP contribution in [0.15, 0.2) is 30.3 Å². The molecule has 1 aliphatic rings. The number of anilines is 1. The van der Waals surface area contributed by atoms with Crippen LogP contribution in [0.4, 0.5) is 5.69 Å². The van der Waals surface area contributed by atoms with Gasteiger partial charge in [-0.25, -0.2) is 5.43 Å². The molecule has 3 N–H and O–H groups in total. The first-order valence-corrected chi connectivity index (χ1v) is 8.11. The Balaban J connectivity index is 1.68. The highest BCUT2D eigenvalue weighted by atomic mass is 16.2. The SMILES string of the molecule is CC(C)CC1CC(C(=O)NCCN(C)c2ccccc2)NN1. The van der Waals surface area contributed by atoms with Crippen LogP contribution in [0.5, 0.6) is 0 Å². The van der Waals surface area contributed by atoms with E-state index in [9.17, 15) is 4.79 Å². The van der Waals surface area contributed by atoms with Crippen molar-refractivity contribution in [3.63, 3.8) is 0 Å². The first-order valence-electron chi connectivity index (χ1n) is 8.11. The van der Waals surface area contributed by atoms with Crippen molar-refractivity contribution in [3.05, 3.63) is 30.3 Å². The number of nitrogens with zero attached hydrogens (tertiary/aromatic N) is 1. The Kier molecular flexibility index (Phi) is 6.21. The molecule has 5 heteroatoms. The number of carbonyl (C=O) groups excluding carboxylic acids is 1. The van der Waals surface area contributed by atoms with Crippen LogP contribution in [0.25, 0.3) is 0 Å². The number of para-hydroxylation sites is 1. The molecule has 2 atom stereocenters. The standard InChI is InChI=1S/C17H28N4O/c1-13(2)11-14-12-16(20-19-14)17(22)18-9-10-21(3)15-7-5-4-6-8-15/h4-8,13-14,16,19-20H,9-12H2,1-3H3,(H,18,22). The van der Waals surface area contributed by atoms with E-state index in [-0.39, 0.29) is 11.9 Å². The Morgan fingerprint density at radius 1 is 1.32 bits per heavy atom. The van der Waals surface area contributed by atoms with Crippen molar-refractivity contribution >= 4 is 11.6 Å². The summed E-state index contributed by atoms with van der Waals surface area (Å²) in [6.45, 7) is 5.85. The molecular formula is C17H28N4O. The van der Waals surface area contributed by atoms with Gasteiger partial charge in [-0.3, -0.25) is 10.2 Å². The van der Waals surface area contributed by atoms with Gasteiger partial charge >= 0.3 is 0 Å². The van der Waals surface area contributed by atoms with Gasteiger partial charge < -0.3 is 10.2 Å². The highest BCUT2D eigenvalue weighted by Gasteiger charge is 2.29. The lowest BCUT2D eigenvalue weighted by atomic mass is 10.00. The van der Waals surface area contributed by atoms with Crippen LogP contribution in [-0.4, -0.2) is 38.1 Å². The second-order valence-electron chi connectivity index (χ2n) is 6.45. The number of likely N-dealkylation sites (N-methyl/N-ethyl adjacent to an activating group) is 1. The first-order chi connectivity index (χ1) is 10.6. The fraction of sp³-hybridized carbons (Fsp3) is 0.588. The zero-order valence-electron chi connectivity index (χ0n) is 13.8. The molecule has 2 unspecified atom stereocenters. The third kappa shape index (κ3) is 5.00. The number of hydrogen-bond acceptors (Lipinski definition) is 4. The highest BCUT2D eigenvalue weighted by Crippen LogP contribution is 2.14. The van der Waals surface area contributed by atoms with E-state index in [0.29, 0.717) is 18.5 Å². The molecule has 1 aromatic carbocycles. The summed E-state index contributed by atoms with van der Waals surface area (Å²) in [4.78, 5) is 14.3. The number of benzene rings is 1. The molecule has 1 aromatic rings. The molecule has 0 aliphatic carbocycles. The van der Waals surface area contributed by atoms with Gasteiger partial charge in [-0.05, 0) is 30.9 Å². The zero-order valence-corrected chi connectivity index (χ0v) is 13.8. The molecule has 122 valence electrons. The van der Waals surface area contributed by atoms with Crippen LogP contribution in [0.1, 0.15) is 26.7 Å². The maximum atomic E-state index is 12.2. The molecule has 1 fully saturated rings. The van der Waals surface area contributed by atoms with Gasteiger partial charge in [-0.15, -0.1) is 0 Å². The second-order valence-corrected chi connectivity index (χ2v) is 6.45. The van der Waals surface area contributed by atoms with Gasteiger partial charge in [0, 0.05) is 31.9 Å². The number of hydrogen-bond donors (Lipinski definition) is 3. The van der Waals surface area contributed by atoms with E-state index in [1.54, 1.807) is 0 Å². The van der Waals surface area contributed by atoms with E-state index in [1.165, 1.54) is 0 Å². The summed E-state index contributed by atoms with van der Waals surface area (Å²) in [5.74, 6) is 0.723. The quantitative estimate of drug-likeness (QED) is 0.715. The molecule has 1 heterocycles. The smallest absolute Gasteiger partial charge is 0.238 e. The minimum absolute atomic E-state index is 0.0835. The van der Waals surface area contributed by atoms with Crippen molar-refractivity contribution in [3.8, 4) is 0 Å². The van der Waals surface area contributed by atoms with E-state index in [2.05, 4.69) is 47.0 Å². The van der Waals surface area contributed by atoms with Gasteiger partial charge in [0.25, 0.3) is 0 Å². The van der Waals surface area contributed by atoms with Gasteiger partial charge in [-0.1, -0.05) is 32.0 Å². The average Bonchev–Trinajstić information content (AvgIpc) is 2.95. The Morgan fingerprint density at radius 3 is 2.73 bits per heavy atom. The Morgan fingerprint density at radius 2 is 2.05 bits per heavy atom. The van der Waals surface area contributed by atoms with E-state index in [4.69, 9.17) is 0 Å². The van der Waals surface area contributed by atoms with Crippen molar-refractivity contribution in [2.45, 2.75) is 38.8 Å². The lowest BCUT2D eigenvalue weighted by molar-refractivity contribution is -0.122. The minimum Gasteiger partial charge on any atom is -0.373 e. The Labute approximate surface area is 133 Å². The summed E-state index contributed by atoms with van der Waals surface area (Å²) in [5.41, 5.74) is 7.49. The van der Waals surface area contributed by atoms with Crippen LogP contribution in [0.3, 0.4) is 0 Å². The molecule has 22 heavy (non-hydrogen) atoms. The first kappa shape index (κ1) is 16.8. The molecule has 0 radical (unpaired) electrons. The van der Waals surface area contributed by atoms with E-state index in [0.717, 1.165) is 25.1 Å². The third-order valence-electron chi connectivity index (χ3n) is 4.00. The number of rotatable bonds is 7. The zero-order chi connectivity index (χ0) is 15.9. The van der Waals surface area contributed by atoms with E-state index < -0.39 is 0 Å². The van der Waals surface area contributed by atoms with Crippen molar-refractivity contribution < 1.29 is 4.79 Å². The number of nitrogens with one attached hydrogen (secondary N) is 3. The van der Waals surface area contributed by atoms with Crippen molar-refractivity contribution in [1.82, 2.24) is 16.2 Å². The lowest BCUT2D eigenvalue weighted by Crippen LogP contribution is -2.45. The monoisotopic (exact) mass is 304 g/mol. The predicted molar refractivity (Wildman–Crippen MR) is 90.6 cm³/mol. The molecule has 1 saturated heterocycles. The average molecular weight is 304 g/mol. The van der Waals surface area contributed by atoms with Crippen molar-refractivity contribution in [2.24, 2.45) is 5.92 Å². The topological polar surface area (TPSA) is 56.4 Å². The predicted octanol–water partition coefficient (Wildman–Crippen LogP) is 1.52. The van der Waals surface area contributed by atoms with Gasteiger partial charge in [0.2, 0.25) is 5.91 Å². The number of hydrazine groups is 1. The molecule has 5 nitrogen and oxygen atoms in total. The maximum absolute atomic E-state index is 12.2. The highest BCUT2D eigenvalue weighted by molar-refractivity contribution is 5.82. The fourth-order valence-corrected chi connectivity index (χ4v) is 2.80. The summed E-state index contributed by atoms with van der Waals surface area (Å²) < 4.78 is 0. The molecule has 1 amide bonds. The molecule has 0 saturated carbocycles. The Hall–Kier alpha value is -1.59. The van der Waals surface area contributed by atoms with Gasteiger partial charge in [0.05, 0.1) is 0 Å². The van der Waals surface area contributed by atoms with E-state index >= 15 is 0 Å². The summed E-state index contributed by atoms with van der Waals surface area (Å²) in [7, 11) is 2.04.